The van der Waals surface area contributed by atoms with Crippen molar-refractivity contribution < 1.29 is 0 Å². The van der Waals surface area contributed by atoms with Crippen molar-refractivity contribution in [3.63, 3.8) is 0 Å². The summed E-state index contributed by atoms with van der Waals surface area (Å²) in [5, 5.41) is 0.753. The van der Waals surface area contributed by atoms with Crippen molar-refractivity contribution in [2.45, 2.75) is 19.3 Å². The number of aromatic nitrogens is 1. The quantitative estimate of drug-likeness (QED) is 0.806. The van der Waals surface area contributed by atoms with Gasteiger partial charge in [0.15, 0.2) is 0 Å². The average molecular weight is 273 g/mol. The number of nitrogens with zero attached hydrogens (tertiary/aromatic N) is 2. The van der Waals surface area contributed by atoms with Gasteiger partial charge in [-0.05, 0) is 30.9 Å². The van der Waals surface area contributed by atoms with Crippen molar-refractivity contribution in [1.29, 1.82) is 0 Å². The lowest BCUT2D eigenvalue weighted by Crippen LogP contribution is -2.30. The average Bonchev–Trinajstić information content (AvgIpc) is 2.49. The molecule has 0 saturated carbocycles. The lowest BCUT2D eigenvalue weighted by Gasteiger charge is -2.28. The molecule has 0 atom stereocenters. The summed E-state index contributed by atoms with van der Waals surface area (Å²) in [6, 6.07) is 12.2. The molecule has 1 saturated heterocycles. The standard InChI is InChI=1S/C16H17ClN2/c17-15-11-14(13-7-3-1-4-8-13)12-18-16(15)19-9-5-2-6-10-19/h1,3-4,7-8,11-12H,2,5-6,9-10H2. The van der Waals surface area contributed by atoms with Crippen molar-refractivity contribution in [3.05, 3.63) is 47.6 Å². The zero-order chi connectivity index (χ0) is 13.1. The van der Waals surface area contributed by atoms with Gasteiger partial charge >= 0.3 is 0 Å². The highest BCUT2D eigenvalue weighted by atomic mass is 35.5. The van der Waals surface area contributed by atoms with E-state index in [0.29, 0.717) is 0 Å². The number of halogens is 1. The van der Waals surface area contributed by atoms with Crippen LogP contribution in [-0.4, -0.2) is 18.1 Å². The Morgan fingerprint density at radius 2 is 1.68 bits per heavy atom. The molecule has 1 fully saturated rings. The van der Waals surface area contributed by atoms with E-state index in [9.17, 15) is 0 Å². The highest BCUT2D eigenvalue weighted by Gasteiger charge is 2.15. The molecule has 98 valence electrons. The molecule has 1 aliphatic rings. The fourth-order valence-electron chi connectivity index (χ4n) is 2.56. The molecule has 0 radical (unpaired) electrons. The molecule has 0 N–H and O–H groups in total. The third-order valence-corrected chi connectivity index (χ3v) is 3.86. The Morgan fingerprint density at radius 1 is 0.947 bits per heavy atom. The maximum atomic E-state index is 6.41. The summed E-state index contributed by atoms with van der Waals surface area (Å²) in [5.41, 5.74) is 2.23. The Balaban J connectivity index is 1.89. The van der Waals surface area contributed by atoms with Gasteiger partial charge in [0.2, 0.25) is 0 Å². The van der Waals surface area contributed by atoms with Crippen LogP contribution < -0.4 is 4.90 Å². The number of piperidine rings is 1. The molecule has 3 rings (SSSR count). The van der Waals surface area contributed by atoms with E-state index >= 15 is 0 Å². The van der Waals surface area contributed by atoms with Gasteiger partial charge in [-0.2, -0.15) is 0 Å². The third-order valence-electron chi connectivity index (χ3n) is 3.58. The number of pyridine rings is 1. The monoisotopic (exact) mass is 272 g/mol. The maximum Gasteiger partial charge on any atom is 0.147 e. The van der Waals surface area contributed by atoms with Crippen LogP contribution in [0.1, 0.15) is 19.3 Å². The minimum absolute atomic E-state index is 0.753. The van der Waals surface area contributed by atoms with Gasteiger partial charge in [0, 0.05) is 24.8 Å². The van der Waals surface area contributed by atoms with E-state index in [4.69, 9.17) is 11.6 Å². The number of benzene rings is 1. The summed E-state index contributed by atoms with van der Waals surface area (Å²) in [4.78, 5) is 6.86. The Labute approximate surface area is 119 Å². The Bertz CT molecular complexity index is 548. The Morgan fingerprint density at radius 3 is 2.37 bits per heavy atom. The van der Waals surface area contributed by atoms with E-state index in [1.54, 1.807) is 0 Å². The SMILES string of the molecule is Clc1cc(-c2ccccc2)cnc1N1CCCCC1. The number of hydrogen-bond donors (Lipinski definition) is 0. The second kappa shape index (κ2) is 5.62. The van der Waals surface area contributed by atoms with Gasteiger partial charge in [-0.3, -0.25) is 0 Å². The Hall–Kier alpha value is -1.54. The van der Waals surface area contributed by atoms with Crippen molar-refractivity contribution in [1.82, 2.24) is 4.98 Å². The van der Waals surface area contributed by atoms with E-state index in [1.807, 2.05) is 30.5 Å². The van der Waals surface area contributed by atoms with E-state index in [-0.39, 0.29) is 0 Å². The van der Waals surface area contributed by atoms with E-state index in [0.717, 1.165) is 35.1 Å². The third kappa shape index (κ3) is 2.74. The van der Waals surface area contributed by atoms with Crippen LogP contribution >= 0.6 is 11.6 Å². The molecular formula is C16H17ClN2. The summed E-state index contributed by atoms with van der Waals surface area (Å²) in [5.74, 6) is 0.932. The van der Waals surface area contributed by atoms with Crippen molar-refractivity contribution in [2.75, 3.05) is 18.0 Å². The molecule has 0 unspecified atom stereocenters. The molecule has 1 aromatic carbocycles. The summed E-state index contributed by atoms with van der Waals surface area (Å²) < 4.78 is 0. The minimum Gasteiger partial charge on any atom is -0.355 e. The normalized spacial score (nSPS) is 15.5. The molecule has 0 bridgehead atoms. The first-order valence-corrected chi connectivity index (χ1v) is 7.18. The highest BCUT2D eigenvalue weighted by molar-refractivity contribution is 6.33. The maximum absolute atomic E-state index is 6.41. The van der Waals surface area contributed by atoms with Crippen LogP contribution in [0, 0.1) is 0 Å². The molecule has 0 amide bonds. The number of anilines is 1. The topological polar surface area (TPSA) is 16.1 Å². The molecule has 0 aliphatic carbocycles. The van der Waals surface area contributed by atoms with Crippen LogP contribution in [0.4, 0.5) is 5.82 Å². The second-order valence-electron chi connectivity index (χ2n) is 4.94. The van der Waals surface area contributed by atoms with Crippen molar-refractivity contribution in [2.24, 2.45) is 0 Å². The van der Waals surface area contributed by atoms with Gasteiger partial charge in [-0.25, -0.2) is 4.98 Å². The van der Waals surface area contributed by atoms with Crippen LogP contribution in [0.15, 0.2) is 42.6 Å². The molecule has 1 aliphatic heterocycles. The summed E-state index contributed by atoms with van der Waals surface area (Å²) in [7, 11) is 0. The zero-order valence-corrected chi connectivity index (χ0v) is 11.6. The predicted octanol–water partition coefficient (Wildman–Crippen LogP) is 4.39. The van der Waals surface area contributed by atoms with Crippen LogP contribution in [-0.2, 0) is 0 Å². The number of rotatable bonds is 2. The summed E-state index contributed by atoms with van der Waals surface area (Å²) >= 11 is 6.41. The lowest BCUT2D eigenvalue weighted by atomic mass is 10.1. The highest BCUT2D eigenvalue weighted by Crippen LogP contribution is 2.30. The van der Waals surface area contributed by atoms with Gasteiger partial charge in [0.25, 0.3) is 0 Å². The predicted molar refractivity (Wildman–Crippen MR) is 80.7 cm³/mol. The van der Waals surface area contributed by atoms with E-state index in [1.165, 1.54) is 19.3 Å². The largest absolute Gasteiger partial charge is 0.355 e. The van der Waals surface area contributed by atoms with Gasteiger partial charge < -0.3 is 4.90 Å². The molecule has 2 aromatic rings. The zero-order valence-electron chi connectivity index (χ0n) is 10.8. The molecule has 2 nitrogen and oxygen atoms in total. The molecule has 3 heteroatoms. The van der Waals surface area contributed by atoms with Gasteiger partial charge in [0.1, 0.15) is 5.82 Å². The molecule has 2 heterocycles. The fraction of sp³-hybridized carbons (Fsp3) is 0.312. The first kappa shape index (κ1) is 12.5. The number of hydrogen-bond acceptors (Lipinski definition) is 2. The van der Waals surface area contributed by atoms with Crippen LogP contribution in [0.3, 0.4) is 0 Å². The second-order valence-corrected chi connectivity index (χ2v) is 5.35. The van der Waals surface area contributed by atoms with Crippen molar-refractivity contribution in [3.8, 4) is 11.1 Å². The first-order valence-electron chi connectivity index (χ1n) is 6.80. The molecule has 19 heavy (non-hydrogen) atoms. The first-order chi connectivity index (χ1) is 9.34. The summed E-state index contributed by atoms with van der Waals surface area (Å²) in [6.07, 6.45) is 5.71. The molecular weight excluding hydrogens is 256 g/mol. The van der Waals surface area contributed by atoms with Crippen molar-refractivity contribution >= 4 is 17.4 Å². The van der Waals surface area contributed by atoms with Gasteiger partial charge in [-0.15, -0.1) is 0 Å². The molecule has 1 aromatic heterocycles. The smallest absolute Gasteiger partial charge is 0.147 e. The minimum atomic E-state index is 0.753. The van der Waals surface area contributed by atoms with Crippen LogP contribution in [0.25, 0.3) is 11.1 Å². The molecule has 0 spiro atoms. The van der Waals surface area contributed by atoms with Gasteiger partial charge in [0.05, 0.1) is 5.02 Å². The fourth-order valence-corrected chi connectivity index (χ4v) is 2.84. The summed E-state index contributed by atoms with van der Waals surface area (Å²) in [6.45, 7) is 2.13. The van der Waals surface area contributed by atoms with Gasteiger partial charge in [-0.1, -0.05) is 41.9 Å². The Kier molecular flexibility index (Phi) is 3.69. The van der Waals surface area contributed by atoms with E-state index in [2.05, 4.69) is 22.0 Å². The van der Waals surface area contributed by atoms with Crippen LogP contribution in [0.5, 0.6) is 0 Å². The lowest BCUT2D eigenvalue weighted by molar-refractivity contribution is 0.573. The van der Waals surface area contributed by atoms with E-state index < -0.39 is 0 Å². The van der Waals surface area contributed by atoms with Crippen LogP contribution in [0.2, 0.25) is 5.02 Å².